The zero-order valence-corrected chi connectivity index (χ0v) is 13.8. The van der Waals surface area contributed by atoms with Crippen LogP contribution in [-0.4, -0.2) is 16.5 Å². The van der Waals surface area contributed by atoms with E-state index in [0.29, 0.717) is 12.5 Å². The van der Waals surface area contributed by atoms with Gasteiger partial charge in [-0.1, -0.05) is 46.0 Å². The van der Waals surface area contributed by atoms with Gasteiger partial charge in [0.2, 0.25) is 0 Å². The maximum absolute atomic E-state index is 5.77. The molecule has 1 saturated carbocycles. The van der Waals surface area contributed by atoms with Crippen molar-refractivity contribution in [3.05, 3.63) is 22.8 Å². The van der Waals surface area contributed by atoms with Gasteiger partial charge in [0.25, 0.3) is 0 Å². The molecule has 0 bridgehead atoms. The quantitative estimate of drug-likeness (QED) is 0.893. The van der Waals surface area contributed by atoms with E-state index in [-0.39, 0.29) is 0 Å². The molecule has 3 heteroatoms. The molecule has 118 valence electrons. The van der Waals surface area contributed by atoms with Crippen LogP contribution in [0.25, 0.3) is 0 Å². The van der Waals surface area contributed by atoms with E-state index in [1.807, 2.05) is 0 Å². The summed E-state index contributed by atoms with van der Waals surface area (Å²) in [6.07, 6.45) is 12.3. The normalized spacial score (nSPS) is 17.5. The van der Waals surface area contributed by atoms with Gasteiger partial charge in [-0.25, -0.2) is 9.97 Å². The van der Waals surface area contributed by atoms with Gasteiger partial charge in [-0.15, -0.1) is 0 Å². The number of aromatic nitrogens is 2. The fraction of sp³-hybridized carbons (Fsp3) is 0.778. The molecule has 1 aliphatic carbocycles. The van der Waals surface area contributed by atoms with Crippen LogP contribution in [0.1, 0.15) is 87.5 Å². The molecule has 0 spiro atoms. The van der Waals surface area contributed by atoms with Crippen molar-refractivity contribution in [1.82, 2.24) is 9.97 Å². The van der Waals surface area contributed by atoms with Gasteiger partial charge in [-0.05, 0) is 44.2 Å². The average Bonchev–Trinajstić information content (AvgIpc) is 2.47. The molecule has 0 aromatic carbocycles. The summed E-state index contributed by atoms with van der Waals surface area (Å²) in [6, 6.07) is 0. The summed E-state index contributed by atoms with van der Waals surface area (Å²) < 4.78 is 0. The highest BCUT2D eigenvalue weighted by Gasteiger charge is 2.19. The van der Waals surface area contributed by atoms with Gasteiger partial charge in [0.1, 0.15) is 5.82 Å². The molecule has 0 unspecified atom stereocenters. The Bertz CT molecular complexity index is 409. The second-order valence-electron chi connectivity index (χ2n) is 6.24. The average molecular weight is 289 g/mol. The molecule has 0 radical (unpaired) electrons. The fourth-order valence-corrected chi connectivity index (χ4v) is 3.52. The molecule has 3 nitrogen and oxygen atoms in total. The van der Waals surface area contributed by atoms with Crippen molar-refractivity contribution in [2.75, 3.05) is 6.54 Å². The number of nitrogens with two attached hydrogens (primary N) is 1. The first-order chi connectivity index (χ1) is 10.3. The summed E-state index contributed by atoms with van der Waals surface area (Å²) >= 11 is 0. The highest BCUT2D eigenvalue weighted by Crippen LogP contribution is 2.30. The van der Waals surface area contributed by atoms with Crippen LogP contribution in [-0.2, 0) is 19.3 Å². The third kappa shape index (κ3) is 4.26. The summed E-state index contributed by atoms with van der Waals surface area (Å²) in [4.78, 5) is 9.90. The molecular weight excluding hydrogens is 258 g/mol. The summed E-state index contributed by atoms with van der Waals surface area (Å²) in [5.41, 5.74) is 9.57. The summed E-state index contributed by atoms with van der Waals surface area (Å²) in [6.45, 7) is 5.08. The van der Waals surface area contributed by atoms with Gasteiger partial charge in [-0.2, -0.15) is 0 Å². The van der Waals surface area contributed by atoms with E-state index in [1.165, 1.54) is 61.9 Å². The molecule has 1 aromatic rings. The fourth-order valence-electron chi connectivity index (χ4n) is 3.52. The second-order valence-corrected chi connectivity index (χ2v) is 6.24. The minimum Gasteiger partial charge on any atom is -0.330 e. The van der Waals surface area contributed by atoms with E-state index >= 15 is 0 Å². The Morgan fingerprint density at radius 3 is 1.90 bits per heavy atom. The monoisotopic (exact) mass is 289 g/mol. The largest absolute Gasteiger partial charge is 0.330 e. The number of hydrogen-bond acceptors (Lipinski definition) is 3. The molecule has 21 heavy (non-hydrogen) atoms. The van der Waals surface area contributed by atoms with E-state index in [1.54, 1.807) is 0 Å². The minimum absolute atomic E-state index is 0.577. The smallest absolute Gasteiger partial charge is 0.131 e. The maximum atomic E-state index is 5.77. The Labute approximate surface area is 129 Å². The molecule has 2 N–H and O–H groups in total. The number of aryl methyl sites for hydroxylation is 2. The zero-order valence-electron chi connectivity index (χ0n) is 13.8. The third-order valence-electron chi connectivity index (χ3n) is 4.73. The first-order valence-corrected chi connectivity index (χ1v) is 8.88. The van der Waals surface area contributed by atoms with Crippen LogP contribution in [0, 0.1) is 0 Å². The van der Waals surface area contributed by atoms with Crippen LogP contribution >= 0.6 is 0 Å². The highest BCUT2D eigenvalue weighted by atomic mass is 14.9. The van der Waals surface area contributed by atoms with E-state index in [9.17, 15) is 0 Å². The van der Waals surface area contributed by atoms with E-state index < -0.39 is 0 Å². The molecule has 0 atom stereocenters. The Balaban J connectivity index is 2.29. The molecule has 1 aliphatic rings. The summed E-state index contributed by atoms with van der Waals surface area (Å²) in [5, 5.41) is 0. The Morgan fingerprint density at radius 2 is 1.43 bits per heavy atom. The van der Waals surface area contributed by atoms with Gasteiger partial charge < -0.3 is 5.73 Å². The van der Waals surface area contributed by atoms with Crippen LogP contribution in [0.4, 0.5) is 0 Å². The van der Waals surface area contributed by atoms with Crippen LogP contribution in [0.2, 0.25) is 0 Å². The third-order valence-corrected chi connectivity index (χ3v) is 4.73. The van der Waals surface area contributed by atoms with Crippen molar-refractivity contribution < 1.29 is 0 Å². The van der Waals surface area contributed by atoms with Crippen molar-refractivity contribution >= 4 is 0 Å². The number of hydrogen-bond donors (Lipinski definition) is 1. The van der Waals surface area contributed by atoms with E-state index in [4.69, 9.17) is 15.7 Å². The highest BCUT2D eigenvalue weighted by molar-refractivity contribution is 5.27. The Hall–Kier alpha value is -0.960. The predicted molar refractivity (Wildman–Crippen MR) is 88.6 cm³/mol. The van der Waals surface area contributed by atoms with Crippen LogP contribution in [0.5, 0.6) is 0 Å². The number of nitrogens with zero attached hydrogens (tertiary/aromatic N) is 2. The zero-order chi connectivity index (χ0) is 15.1. The molecule has 0 saturated heterocycles. The van der Waals surface area contributed by atoms with Crippen molar-refractivity contribution in [2.45, 2.75) is 84.0 Å². The molecular formula is C18H31N3. The van der Waals surface area contributed by atoms with Crippen LogP contribution < -0.4 is 5.73 Å². The Morgan fingerprint density at radius 1 is 0.905 bits per heavy atom. The standard InChI is InChI=1S/C18H31N3/c1-3-16-15(12-13-19)17(4-2)21-18(20-16)14-10-8-6-5-7-9-11-14/h14H,3-13,19H2,1-2H3. The topological polar surface area (TPSA) is 51.8 Å². The molecule has 2 rings (SSSR count). The first kappa shape index (κ1) is 16.4. The predicted octanol–water partition coefficient (Wildman–Crippen LogP) is 3.93. The lowest BCUT2D eigenvalue weighted by Crippen LogP contribution is -2.16. The van der Waals surface area contributed by atoms with Crippen molar-refractivity contribution in [2.24, 2.45) is 5.73 Å². The van der Waals surface area contributed by atoms with Crippen LogP contribution in [0.15, 0.2) is 0 Å². The van der Waals surface area contributed by atoms with Crippen molar-refractivity contribution in [3.8, 4) is 0 Å². The first-order valence-electron chi connectivity index (χ1n) is 8.88. The SMILES string of the molecule is CCc1nc(C2CCCCCCC2)nc(CC)c1CCN. The molecule has 1 aromatic heterocycles. The summed E-state index contributed by atoms with van der Waals surface area (Å²) in [5.74, 6) is 1.69. The molecule has 0 amide bonds. The van der Waals surface area contributed by atoms with Gasteiger partial charge in [0, 0.05) is 17.3 Å². The summed E-state index contributed by atoms with van der Waals surface area (Å²) in [7, 11) is 0. The van der Waals surface area contributed by atoms with E-state index in [0.717, 1.165) is 25.1 Å². The lowest BCUT2D eigenvalue weighted by molar-refractivity contribution is 0.440. The lowest BCUT2D eigenvalue weighted by atomic mass is 9.90. The maximum Gasteiger partial charge on any atom is 0.131 e. The molecule has 0 aliphatic heterocycles. The molecule has 1 fully saturated rings. The second kappa shape index (κ2) is 8.47. The minimum atomic E-state index is 0.577. The number of rotatable bonds is 5. The Kier molecular flexibility index (Phi) is 6.62. The van der Waals surface area contributed by atoms with Gasteiger partial charge in [0.05, 0.1) is 0 Å². The van der Waals surface area contributed by atoms with Gasteiger partial charge >= 0.3 is 0 Å². The van der Waals surface area contributed by atoms with Crippen molar-refractivity contribution in [3.63, 3.8) is 0 Å². The lowest BCUT2D eigenvalue weighted by Gasteiger charge is -2.21. The molecule has 1 heterocycles. The van der Waals surface area contributed by atoms with Gasteiger partial charge in [-0.3, -0.25) is 0 Å². The van der Waals surface area contributed by atoms with Gasteiger partial charge in [0.15, 0.2) is 0 Å². The van der Waals surface area contributed by atoms with E-state index in [2.05, 4.69) is 13.8 Å². The van der Waals surface area contributed by atoms with Crippen molar-refractivity contribution in [1.29, 1.82) is 0 Å². The van der Waals surface area contributed by atoms with Crippen LogP contribution in [0.3, 0.4) is 0 Å².